The number of rotatable bonds is 8. The molecule has 0 amide bonds. The Kier molecular flexibility index (Phi) is 13.7. The van der Waals surface area contributed by atoms with E-state index in [4.69, 9.17) is 18.9 Å². The van der Waals surface area contributed by atoms with Gasteiger partial charge in [-0.2, -0.15) is 0 Å². The van der Waals surface area contributed by atoms with Gasteiger partial charge in [0.1, 0.15) is 18.1 Å². The number of likely N-dealkylation sites (N-methyl/N-ethyl adjacent to an activating group) is 2. The molecule has 256 valence electrons. The van der Waals surface area contributed by atoms with E-state index in [0.29, 0.717) is 12.8 Å². The third kappa shape index (κ3) is 9.23. The van der Waals surface area contributed by atoms with E-state index in [0.717, 1.165) is 39.0 Å². The SMILES string of the molecule is CO[C@]1(C)C[C@@H](C)CN(C)[C@@H](CCCN2CCCCC2)COC(=O)C(C)(C)C(=O)[C@H](C)[C@H]1O[C@@H]1O[C@H](C)C[C@H](N(C)C)[C@H]1O. The van der Waals surface area contributed by atoms with Crippen molar-refractivity contribution in [3.63, 3.8) is 0 Å². The van der Waals surface area contributed by atoms with E-state index < -0.39 is 41.4 Å². The molecule has 0 unspecified atom stereocenters. The van der Waals surface area contributed by atoms with E-state index in [-0.39, 0.29) is 36.5 Å². The van der Waals surface area contributed by atoms with Gasteiger partial charge in [0.25, 0.3) is 0 Å². The Balaban J connectivity index is 1.88. The van der Waals surface area contributed by atoms with E-state index in [1.54, 1.807) is 27.9 Å². The second-order valence-electron chi connectivity index (χ2n) is 15.0. The van der Waals surface area contributed by atoms with Crippen LogP contribution in [-0.2, 0) is 28.5 Å². The number of carbonyl (C=O) groups is 2. The first-order valence-electron chi connectivity index (χ1n) is 16.9. The molecule has 0 aromatic rings. The van der Waals surface area contributed by atoms with Crippen molar-refractivity contribution in [2.45, 2.75) is 129 Å². The maximum atomic E-state index is 14.2. The van der Waals surface area contributed by atoms with Gasteiger partial charge in [-0.05, 0) is 113 Å². The van der Waals surface area contributed by atoms with E-state index in [1.807, 2.05) is 32.8 Å². The summed E-state index contributed by atoms with van der Waals surface area (Å²) in [5.74, 6) is -1.36. The van der Waals surface area contributed by atoms with Crippen molar-refractivity contribution in [1.82, 2.24) is 14.7 Å². The van der Waals surface area contributed by atoms with E-state index in [1.165, 1.54) is 19.3 Å². The molecular formula is C34H63N3O7. The van der Waals surface area contributed by atoms with Gasteiger partial charge in [0.05, 0.1) is 17.8 Å². The average molecular weight is 626 g/mol. The van der Waals surface area contributed by atoms with Gasteiger partial charge >= 0.3 is 5.97 Å². The second-order valence-corrected chi connectivity index (χ2v) is 15.0. The Morgan fingerprint density at radius 1 is 1.07 bits per heavy atom. The van der Waals surface area contributed by atoms with Gasteiger partial charge in [-0.3, -0.25) is 14.5 Å². The molecule has 0 spiro atoms. The highest BCUT2D eigenvalue weighted by molar-refractivity contribution is 6.04. The molecule has 3 heterocycles. The van der Waals surface area contributed by atoms with Crippen LogP contribution in [0.3, 0.4) is 0 Å². The molecule has 3 saturated heterocycles. The molecule has 0 aromatic carbocycles. The fourth-order valence-corrected chi connectivity index (χ4v) is 7.63. The molecule has 10 heteroatoms. The number of aliphatic hydroxyl groups excluding tert-OH is 1. The monoisotopic (exact) mass is 625 g/mol. The van der Waals surface area contributed by atoms with Crippen molar-refractivity contribution in [3.05, 3.63) is 0 Å². The van der Waals surface area contributed by atoms with Crippen LogP contribution in [0.4, 0.5) is 0 Å². The van der Waals surface area contributed by atoms with E-state index in [9.17, 15) is 14.7 Å². The summed E-state index contributed by atoms with van der Waals surface area (Å²) < 4.78 is 24.9. The number of ketones is 1. The molecule has 1 N–H and O–H groups in total. The zero-order valence-corrected chi connectivity index (χ0v) is 29.3. The third-order valence-corrected chi connectivity index (χ3v) is 10.5. The molecular weight excluding hydrogens is 562 g/mol. The minimum atomic E-state index is -1.39. The molecule has 0 aliphatic carbocycles. The average Bonchev–Trinajstić information content (AvgIpc) is 2.97. The van der Waals surface area contributed by atoms with E-state index >= 15 is 0 Å². The van der Waals surface area contributed by atoms with Crippen LogP contribution in [0.5, 0.6) is 0 Å². The number of nitrogens with zero attached hydrogens (tertiary/aromatic N) is 3. The Hall–Kier alpha value is -1.14. The highest BCUT2D eigenvalue weighted by atomic mass is 16.7. The molecule has 44 heavy (non-hydrogen) atoms. The largest absolute Gasteiger partial charge is 0.463 e. The van der Waals surface area contributed by atoms with Crippen LogP contribution in [-0.4, -0.2) is 135 Å². The minimum absolute atomic E-state index is 0.0476. The summed E-state index contributed by atoms with van der Waals surface area (Å²) in [6.07, 6.45) is 4.28. The molecule has 0 radical (unpaired) electrons. The zero-order valence-electron chi connectivity index (χ0n) is 29.3. The van der Waals surface area contributed by atoms with Gasteiger partial charge in [-0.15, -0.1) is 0 Å². The summed E-state index contributed by atoms with van der Waals surface area (Å²) in [4.78, 5) is 34.5. The fourth-order valence-electron chi connectivity index (χ4n) is 7.63. The number of hydrogen-bond donors (Lipinski definition) is 1. The topological polar surface area (TPSA) is 101 Å². The highest BCUT2D eigenvalue weighted by Crippen LogP contribution is 2.38. The number of likely N-dealkylation sites (tertiary alicyclic amines) is 1. The number of cyclic esters (lactones) is 1. The number of esters is 1. The van der Waals surface area contributed by atoms with Crippen molar-refractivity contribution >= 4 is 11.8 Å². The molecule has 9 atom stereocenters. The van der Waals surface area contributed by atoms with Gasteiger partial charge in [-0.1, -0.05) is 20.3 Å². The van der Waals surface area contributed by atoms with Crippen LogP contribution < -0.4 is 0 Å². The highest BCUT2D eigenvalue weighted by Gasteiger charge is 2.51. The fraction of sp³-hybridized carbons (Fsp3) is 0.941. The lowest BCUT2D eigenvalue weighted by atomic mass is 9.74. The Morgan fingerprint density at radius 2 is 1.73 bits per heavy atom. The summed E-state index contributed by atoms with van der Waals surface area (Å²) in [6.45, 7) is 15.6. The molecule has 3 rings (SSSR count). The first kappa shape index (κ1) is 37.3. The van der Waals surface area contributed by atoms with Crippen LogP contribution in [0.15, 0.2) is 0 Å². The summed E-state index contributed by atoms with van der Waals surface area (Å²) in [7, 11) is 7.61. The Morgan fingerprint density at radius 3 is 2.34 bits per heavy atom. The standard InChI is InChI=1S/C34H63N3O7/c1-23-20-34(6,41-10)30(44-31-28(38)27(35(7)8)19-24(2)43-31)25(3)29(39)33(4,5)32(40)42-22-26(36(9)21-23)15-14-18-37-16-12-11-13-17-37/h23-28,30-31,38H,11-22H2,1-10H3/t23-,24-,25+,26+,27+,28-,30-,31+,34-/m1/s1. The predicted octanol–water partition coefficient (Wildman–Crippen LogP) is 3.58. The first-order chi connectivity index (χ1) is 20.6. The Bertz CT molecular complexity index is 927. The quantitative estimate of drug-likeness (QED) is 0.318. The molecule has 0 bridgehead atoms. The summed E-state index contributed by atoms with van der Waals surface area (Å²) in [5.41, 5.74) is -2.29. The Labute approximate surface area is 267 Å². The van der Waals surface area contributed by atoms with E-state index in [2.05, 4.69) is 23.8 Å². The van der Waals surface area contributed by atoms with Gasteiger partial charge in [0.15, 0.2) is 12.1 Å². The number of piperidine rings is 1. The predicted molar refractivity (Wildman–Crippen MR) is 171 cm³/mol. The zero-order chi connectivity index (χ0) is 32.8. The summed E-state index contributed by atoms with van der Waals surface area (Å²) in [6, 6.07) is -0.115. The normalized spacial score (nSPS) is 38.9. The lowest BCUT2D eigenvalue weighted by Crippen LogP contribution is -2.59. The number of methoxy groups -OCH3 is 1. The first-order valence-corrected chi connectivity index (χ1v) is 16.9. The van der Waals surface area contributed by atoms with Crippen molar-refractivity contribution < 1.29 is 33.6 Å². The number of aliphatic hydroxyl groups is 1. The van der Waals surface area contributed by atoms with Crippen LogP contribution in [0, 0.1) is 17.3 Å². The lowest BCUT2D eigenvalue weighted by Gasteiger charge is -2.47. The maximum Gasteiger partial charge on any atom is 0.319 e. The third-order valence-electron chi connectivity index (χ3n) is 10.5. The van der Waals surface area contributed by atoms with Crippen LogP contribution in [0.2, 0.25) is 0 Å². The van der Waals surface area contributed by atoms with Gasteiger partial charge < -0.3 is 33.9 Å². The second kappa shape index (κ2) is 16.1. The molecule has 3 aliphatic rings. The van der Waals surface area contributed by atoms with Crippen molar-refractivity contribution in [1.29, 1.82) is 0 Å². The summed E-state index contributed by atoms with van der Waals surface area (Å²) in [5, 5.41) is 11.3. The summed E-state index contributed by atoms with van der Waals surface area (Å²) >= 11 is 0. The molecule has 0 saturated carbocycles. The van der Waals surface area contributed by atoms with Crippen LogP contribution >= 0.6 is 0 Å². The number of ether oxygens (including phenoxy) is 4. The maximum absolute atomic E-state index is 14.2. The van der Waals surface area contributed by atoms with Gasteiger partial charge in [0.2, 0.25) is 0 Å². The van der Waals surface area contributed by atoms with Gasteiger partial charge in [-0.25, -0.2) is 0 Å². The van der Waals surface area contributed by atoms with Crippen molar-refractivity contribution in [2.24, 2.45) is 17.3 Å². The molecule has 10 nitrogen and oxygen atoms in total. The minimum Gasteiger partial charge on any atom is -0.463 e. The van der Waals surface area contributed by atoms with Crippen molar-refractivity contribution in [3.8, 4) is 0 Å². The van der Waals surface area contributed by atoms with Crippen molar-refractivity contribution in [2.75, 3.05) is 61.0 Å². The van der Waals surface area contributed by atoms with Gasteiger partial charge in [0, 0.05) is 31.7 Å². The molecule has 3 fully saturated rings. The smallest absolute Gasteiger partial charge is 0.319 e. The number of carbonyl (C=O) groups excluding carboxylic acids is 2. The lowest BCUT2D eigenvalue weighted by molar-refractivity contribution is -0.295. The molecule has 0 aromatic heterocycles. The molecule has 3 aliphatic heterocycles. The van der Waals surface area contributed by atoms with Crippen LogP contribution in [0.25, 0.3) is 0 Å². The van der Waals surface area contributed by atoms with Crippen LogP contribution in [0.1, 0.15) is 86.5 Å². The number of Topliss-reactive ketones (excluding diaryl/α,β-unsaturated/α-hetero) is 1. The number of hydrogen-bond acceptors (Lipinski definition) is 10.